The van der Waals surface area contributed by atoms with E-state index in [9.17, 15) is 9.59 Å². The van der Waals surface area contributed by atoms with Crippen molar-refractivity contribution in [2.75, 3.05) is 0 Å². The van der Waals surface area contributed by atoms with Gasteiger partial charge in [-0.2, -0.15) is 0 Å². The number of rotatable bonds is 7. The molecule has 1 aromatic rings. The van der Waals surface area contributed by atoms with Crippen molar-refractivity contribution in [3.8, 4) is 5.75 Å². The Morgan fingerprint density at radius 1 is 1.38 bits per heavy atom. The van der Waals surface area contributed by atoms with Crippen molar-refractivity contribution in [3.05, 3.63) is 28.7 Å². The molecule has 1 atom stereocenters. The lowest BCUT2D eigenvalue weighted by Gasteiger charge is -2.27. The molecule has 0 aliphatic rings. The number of amides is 1. The third-order valence-electron chi connectivity index (χ3n) is 2.94. The second-order valence-corrected chi connectivity index (χ2v) is 6.31. The van der Waals surface area contributed by atoms with Crippen LogP contribution >= 0.6 is 15.9 Å². The highest BCUT2D eigenvalue weighted by molar-refractivity contribution is 9.10. The molecule has 5 nitrogen and oxygen atoms in total. The Balaban J connectivity index is 2.58. The average Bonchev–Trinajstić information content (AvgIpc) is 2.38. The molecule has 6 heteroatoms. The number of ether oxygens (including phenoxy) is 1. The van der Waals surface area contributed by atoms with Crippen LogP contribution in [0, 0.1) is 0 Å². The second-order valence-electron chi connectivity index (χ2n) is 5.46. The Hall–Kier alpha value is -1.56. The standard InChI is InChI=1S/C15H20BrNO4/c1-10(21-12-7-5-4-6-11(12)16)14(20)17-15(2,3)9-8-13(18)19/h4-7,10H,8-9H2,1-3H3,(H,17,20)(H,18,19). The van der Waals surface area contributed by atoms with E-state index in [-0.39, 0.29) is 12.3 Å². The highest BCUT2D eigenvalue weighted by Crippen LogP contribution is 2.25. The Morgan fingerprint density at radius 2 is 2.00 bits per heavy atom. The molecule has 0 aliphatic carbocycles. The predicted octanol–water partition coefficient (Wildman–Crippen LogP) is 2.98. The number of carbonyl (C=O) groups is 2. The predicted molar refractivity (Wildman–Crippen MR) is 83.3 cm³/mol. The molecular weight excluding hydrogens is 338 g/mol. The first-order valence-electron chi connectivity index (χ1n) is 6.66. The molecule has 21 heavy (non-hydrogen) atoms. The summed E-state index contributed by atoms with van der Waals surface area (Å²) in [5, 5.41) is 11.5. The molecule has 0 saturated carbocycles. The number of halogens is 1. The molecule has 116 valence electrons. The van der Waals surface area contributed by atoms with Gasteiger partial charge in [-0.15, -0.1) is 0 Å². The van der Waals surface area contributed by atoms with Crippen LogP contribution in [-0.2, 0) is 9.59 Å². The van der Waals surface area contributed by atoms with Crippen molar-refractivity contribution in [3.63, 3.8) is 0 Å². The summed E-state index contributed by atoms with van der Waals surface area (Å²) in [6.45, 7) is 5.24. The quantitative estimate of drug-likeness (QED) is 0.786. The molecule has 1 aromatic carbocycles. The maximum Gasteiger partial charge on any atom is 0.303 e. The summed E-state index contributed by atoms with van der Waals surface area (Å²) in [6, 6.07) is 7.28. The van der Waals surface area contributed by atoms with E-state index in [1.165, 1.54) is 0 Å². The first-order valence-corrected chi connectivity index (χ1v) is 7.45. The molecule has 0 aliphatic heterocycles. The van der Waals surface area contributed by atoms with Crippen molar-refractivity contribution in [1.29, 1.82) is 0 Å². The molecule has 1 rings (SSSR count). The molecule has 0 saturated heterocycles. The minimum Gasteiger partial charge on any atom is -0.481 e. The van der Waals surface area contributed by atoms with Crippen LogP contribution in [0.2, 0.25) is 0 Å². The second kappa shape index (κ2) is 7.45. The van der Waals surface area contributed by atoms with Crippen LogP contribution < -0.4 is 10.1 Å². The van der Waals surface area contributed by atoms with E-state index >= 15 is 0 Å². The highest BCUT2D eigenvalue weighted by Gasteiger charge is 2.25. The van der Waals surface area contributed by atoms with E-state index in [1.807, 2.05) is 18.2 Å². The van der Waals surface area contributed by atoms with E-state index < -0.39 is 17.6 Å². The van der Waals surface area contributed by atoms with Gasteiger partial charge in [-0.25, -0.2) is 0 Å². The number of hydrogen-bond acceptors (Lipinski definition) is 3. The number of carboxylic acids is 1. The molecule has 0 bridgehead atoms. The lowest BCUT2D eigenvalue weighted by Crippen LogP contribution is -2.48. The van der Waals surface area contributed by atoms with Crippen molar-refractivity contribution < 1.29 is 19.4 Å². The van der Waals surface area contributed by atoms with Crippen molar-refractivity contribution in [2.45, 2.75) is 45.3 Å². The molecular formula is C15H20BrNO4. The zero-order valence-corrected chi connectivity index (χ0v) is 13.9. The Bertz CT molecular complexity index is 516. The van der Waals surface area contributed by atoms with Crippen molar-refractivity contribution >= 4 is 27.8 Å². The van der Waals surface area contributed by atoms with Crippen LogP contribution in [0.25, 0.3) is 0 Å². The summed E-state index contributed by atoms with van der Waals surface area (Å²) < 4.78 is 6.38. The zero-order chi connectivity index (χ0) is 16.0. The molecule has 1 unspecified atom stereocenters. The molecule has 2 N–H and O–H groups in total. The minimum absolute atomic E-state index is 0.00670. The van der Waals surface area contributed by atoms with Crippen LogP contribution in [0.1, 0.15) is 33.6 Å². The molecule has 0 heterocycles. The monoisotopic (exact) mass is 357 g/mol. The molecule has 1 amide bonds. The average molecular weight is 358 g/mol. The summed E-state index contributed by atoms with van der Waals surface area (Å²) in [6.07, 6.45) is -0.310. The van der Waals surface area contributed by atoms with Gasteiger partial charge < -0.3 is 15.2 Å². The first-order chi connectivity index (χ1) is 9.71. The smallest absolute Gasteiger partial charge is 0.303 e. The maximum atomic E-state index is 12.1. The van der Waals surface area contributed by atoms with Crippen molar-refractivity contribution in [1.82, 2.24) is 5.32 Å². The Labute approximate surface area is 132 Å². The molecule has 0 radical (unpaired) electrons. The van der Waals surface area contributed by atoms with Gasteiger partial charge in [0, 0.05) is 12.0 Å². The number of para-hydroxylation sites is 1. The lowest BCUT2D eigenvalue weighted by atomic mass is 9.98. The third kappa shape index (κ3) is 6.16. The van der Waals surface area contributed by atoms with E-state index in [0.717, 1.165) is 4.47 Å². The van der Waals surface area contributed by atoms with Crippen LogP contribution in [0.5, 0.6) is 5.75 Å². The molecule has 0 spiro atoms. The fourth-order valence-corrected chi connectivity index (χ4v) is 2.08. The number of nitrogens with one attached hydrogen (secondary N) is 1. The van der Waals surface area contributed by atoms with Crippen LogP contribution in [0.4, 0.5) is 0 Å². The molecule has 0 aromatic heterocycles. The number of aliphatic carboxylic acids is 1. The van der Waals surface area contributed by atoms with Gasteiger partial charge in [0.25, 0.3) is 5.91 Å². The summed E-state index contributed by atoms with van der Waals surface area (Å²) in [4.78, 5) is 22.7. The number of carbonyl (C=O) groups excluding carboxylic acids is 1. The normalized spacial score (nSPS) is 12.6. The van der Waals surface area contributed by atoms with Crippen LogP contribution in [0.3, 0.4) is 0 Å². The van der Waals surface area contributed by atoms with Gasteiger partial charge in [0.05, 0.1) is 4.47 Å². The summed E-state index contributed by atoms with van der Waals surface area (Å²) in [5.41, 5.74) is -0.596. The summed E-state index contributed by atoms with van der Waals surface area (Å²) in [7, 11) is 0. The van der Waals surface area contributed by atoms with E-state index in [1.54, 1.807) is 26.8 Å². The van der Waals surface area contributed by atoms with Crippen LogP contribution in [0.15, 0.2) is 28.7 Å². The SMILES string of the molecule is CC(Oc1ccccc1Br)C(=O)NC(C)(C)CCC(=O)O. The Morgan fingerprint density at radius 3 is 2.57 bits per heavy atom. The van der Waals surface area contributed by atoms with Gasteiger partial charge in [-0.1, -0.05) is 12.1 Å². The fourth-order valence-electron chi connectivity index (χ4n) is 1.70. The maximum absolute atomic E-state index is 12.1. The van der Waals surface area contributed by atoms with Crippen molar-refractivity contribution in [2.24, 2.45) is 0 Å². The highest BCUT2D eigenvalue weighted by atomic mass is 79.9. The summed E-state index contributed by atoms with van der Waals surface area (Å²) >= 11 is 3.35. The molecule has 0 fully saturated rings. The Kier molecular flexibility index (Phi) is 6.20. The number of carboxylic acid groups (broad SMARTS) is 1. The summed E-state index contributed by atoms with van der Waals surface area (Å²) in [5.74, 6) is -0.570. The minimum atomic E-state index is -0.880. The topological polar surface area (TPSA) is 75.6 Å². The van der Waals surface area contributed by atoms with Gasteiger partial charge in [0.1, 0.15) is 5.75 Å². The van der Waals surface area contributed by atoms with E-state index in [4.69, 9.17) is 9.84 Å². The lowest BCUT2D eigenvalue weighted by molar-refractivity contribution is -0.138. The number of benzene rings is 1. The van der Waals surface area contributed by atoms with Gasteiger partial charge in [0.15, 0.2) is 6.10 Å². The number of hydrogen-bond donors (Lipinski definition) is 2. The largest absolute Gasteiger partial charge is 0.481 e. The van der Waals surface area contributed by atoms with Gasteiger partial charge in [0.2, 0.25) is 0 Å². The first kappa shape index (κ1) is 17.5. The van der Waals surface area contributed by atoms with Gasteiger partial charge in [-0.3, -0.25) is 9.59 Å². The van der Waals surface area contributed by atoms with Gasteiger partial charge >= 0.3 is 5.97 Å². The fraction of sp³-hybridized carbons (Fsp3) is 0.467. The van der Waals surface area contributed by atoms with E-state index in [2.05, 4.69) is 21.2 Å². The van der Waals surface area contributed by atoms with E-state index in [0.29, 0.717) is 12.2 Å². The zero-order valence-electron chi connectivity index (χ0n) is 12.4. The third-order valence-corrected chi connectivity index (χ3v) is 3.59. The van der Waals surface area contributed by atoms with Gasteiger partial charge in [-0.05, 0) is 55.3 Å². The van der Waals surface area contributed by atoms with Crippen LogP contribution in [-0.4, -0.2) is 28.6 Å².